The molecule has 0 spiro atoms. The van der Waals surface area contributed by atoms with Crippen molar-refractivity contribution in [1.82, 2.24) is 34.5 Å². The Morgan fingerprint density at radius 3 is 1.95 bits per heavy atom. The predicted octanol–water partition coefficient (Wildman–Crippen LogP) is 7.82. The number of aryl methyl sites for hydroxylation is 2. The highest BCUT2D eigenvalue weighted by Crippen LogP contribution is 2.29. The van der Waals surface area contributed by atoms with Crippen molar-refractivity contribution in [2.45, 2.75) is 40.8 Å². The predicted molar refractivity (Wildman–Crippen MR) is 211 cm³/mol. The molecule has 0 amide bonds. The second-order valence-electron chi connectivity index (χ2n) is 12.2. The van der Waals surface area contributed by atoms with Crippen molar-refractivity contribution in [3.05, 3.63) is 140 Å². The third kappa shape index (κ3) is 8.24. The van der Waals surface area contributed by atoms with Gasteiger partial charge in [-0.05, 0) is 94.4 Å². The molecule has 0 saturated heterocycles. The lowest BCUT2D eigenvalue weighted by molar-refractivity contribution is 0.101. The number of nitrogens with one attached hydrogen (secondary N) is 3. The molecule has 0 bridgehead atoms. The van der Waals surface area contributed by atoms with Gasteiger partial charge in [-0.25, -0.2) is 18.7 Å². The fraction of sp³-hybridized carbons (Fsp3) is 0.150. The SMILES string of the molecule is CCn1nc(-c2ccc(F)cc2)c(C(C)=O)c(Nc2cccnc2)c1=O.CCn1nc(-c2nc3ccccc3[nH]2)c(C(C)=O)c(Nc2cccc(Cl)c2)c1=O. The second-order valence-corrected chi connectivity index (χ2v) is 12.6. The van der Waals surface area contributed by atoms with Crippen molar-refractivity contribution in [1.29, 1.82) is 0 Å². The number of ketones is 2. The van der Waals surface area contributed by atoms with Gasteiger partial charge in [0.05, 0.1) is 34.0 Å². The zero-order valence-electron chi connectivity index (χ0n) is 30.2. The second kappa shape index (κ2) is 16.5. The number of aromatic amines is 1. The zero-order valence-corrected chi connectivity index (χ0v) is 31.0. The molecule has 7 rings (SSSR count). The van der Waals surface area contributed by atoms with Crippen LogP contribution in [0, 0.1) is 5.82 Å². The molecule has 0 saturated carbocycles. The van der Waals surface area contributed by atoms with Crippen LogP contribution in [0.15, 0.2) is 107 Å². The number of nitrogens with zero attached hydrogens (tertiary/aromatic N) is 6. The van der Waals surface area contributed by atoms with E-state index in [0.717, 1.165) is 11.0 Å². The van der Waals surface area contributed by atoms with E-state index in [2.05, 4.69) is 35.8 Å². The minimum absolute atomic E-state index is 0.127. The topological polar surface area (TPSA) is 170 Å². The standard InChI is InChI=1S/C21H18ClN5O2.C19H17FN4O2/c1-3-27-21(29)19(23-14-8-6-7-13(22)11-14)17(12(2)28)18(26-27)20-24-15-9-4-5-10-16(15)25-20;1-3-24-19(26)18(22-15-5-4-10-21-11-15)16(12(2)25)17(23-24)13-6-8-14(20)9-7-13/h4-11,23H,3H2,1-2H3,(H,24,25);4-11,22H,3H2,1-2H3. The molecule has 7 aromatic rings. The van der Waals surface area contributed by atoms with E-state index >= 15 is 0 Å². The van der Waals surface area contributed by atoms with Gasteiger partial charge in [0.25, 0.3) is 11.1 Å². The van der Waals surface area contributed by atoms with Crippen molar-refractivity contribution < 1.29 is 14.0 Å². The number of rotatable bonds is 10. The molecule has 13 nitrogen and oxygen atoms in total. The highest BCUT2D eigenvalue weighted by Gasteiger charge is 2.25. The van der Waals surface area contributed by atoms with Gasteiger partial charge in [0.1, 0.15) is 28.6 Å². The summed E-state index contributed by atoms with van der Waals surface area (Å²) in [5, 5.41) is 15.3. The summed E-state index contributed by atoms with van der Waals surface area (Å²) < 4.78 is 15.9. The number of pyridine rings is 1. The van der Waals surface area contributed by atoms with Crippen LogP contribution in [0.2, 0.25) is 5.02 Å². The number of aromatic nitrogens is 7. The van der Waals surface area contributed by atoms with Gasteiger partial charge >= 0.3 is 0 Å². The first kappa shape index (κ1) is 37.9. The number of carbonyl (C=O) groups is 2. The summed E-state index contributed by atoms with van der Waals surface area (Å²) in [6.45, 7) is 7.04. The summed E-state index contributed by atoms with van der Waals surface area (Å²) in [7, 11) is 0. The monoisotopic (exact) mass is 759 g/mol. The van der Waals surface area contributed by atoms with E-state index in [1.165, 1.54) is 47.5 Å². The number of para-hydroxylation sites is 2. The number of anilines is 4. The Bertz CT molecular complexity index is 2620. The van der Waals surface area contributed by atoms with Gasteiger partial charge in [0.2, 0.25) is 0 Å². The van der Waals surface area contributed by atoms with Gasteiger partial charge in [-0.3, -0.25) is 24.2 Å². The van der Waals surface area contributed by atoms with E-state index in [0.29, 0.717) is 52.3 Å². The Labute approximate surface area is 318 Å². The van der Waals surface area contributed by atoms with Gasteiger partial charge in [0.15, 0.2) is 17.4 Å². The fourth-order valence-corrected chi connectivity index (χ4v) is 6.01. The number of H-pyrrole nitrogens is 1. The van der Waals surface area contributed by atoms with Crippen LogP contribution >= 0.6 is 11.6 Å². The van der Waals surface area contributed by atoms with E-state index in [4.69, 9.17) is 11.6 Å². The van der Waals surface area contributed by atoms with E-state index in [1.54, 1.807) is 55.7 Å². The summed E-state index contributed by atoms with van der Waals surface area (Å²) >= 11 is 6.07. The fourth-order valence-electron chi connectivity index (χ4n) is 5.82. The minimum Gasteiger partial charge on any atom is -0.350 e. The van der Waals surface area contributed by atoms with Gasteiger partial charge in [-0.15, -0.1) is 0 Å². The van der Waals surface area contributed by atoms with Gasteiger partial charge < -0.3 is 15.6 Å². The van der Waals surface area contributed by atoms with Gasteiger partial charge in [0, 0.05) is 35.6 Å². The first-order valence-corrected chi connectivity index (χ1v) is 17.6. The van der Waals surface area contributed by atoms with Crippen LogP contribution in [-0.4, -0.2) is 46.1 Å². The molecule has 4 aromatic heterocycles. The average molecular weight is 760 g/mol. The average Bonchev–Trinajstić information content (AvgIpc) is 3.61. The Kier molecular flexibility index (Phi) is 11.4. The molecule has 15 heteroatoms. The van der Waals surface area contributed by atoms with Crippen LogP contribution in [0.3, 0.4) is 0 Å². The Balaban J connectivity index is 0.000000188. The maximum Gasteiger partial charge on any atom is 0.291 e. The Morgan fingerprint density at radius 2 is 1.36 bits per heavy atom. The Hall–Kier alpha value is -6.80. The number of fused-ring (bicyclic) bond motifs is 1. The van der Waals surface area contributed by atoms with Crippen LogP contribution in [0.5, 0.6) is 0 Å². The highest BCUT2D eigenvalue weighted by atomic mass is 35.5. The number of hydrogen-bond donors (Lipinski definition) is 3. The van der Waals surface area contributed by atoms with Gasteiger partial charge in [-0.1, -0.05) is 29.8 Å². The molecule has 0 aliphatic carbocycles. The maximum absolute atomic E-state index is 13.3. The first-order chi connectivity index (χ1) is 26.5. The molecule has 4 heterocycles. The van der Waals surface area contributed by atoms with Crippen molar-refractivity contribution >= 4 is 57.0 Å². The molecule has 0 aliphatic heterocycles. The maximum atomic E-state index is 13.3. The summed E-state index contributed by atoms with van der Waals surface area (Å²) in [4.78, 5) is 62.5. The molecule has 0 radical (unpaired) electrons. The van der Waals surface area contributed by atoms with Crippen LogP contribution in [0.25, 0.3) is 33.8 Å². The lowest BCUT2D eigenvalue weighted by Gasteiger charge is -2.16. The molecular weight excluding hydrogens is 725 g/mol. The molecule has 3 aromatic carbocycles. The summed E-state index contributed by atoms with van der Waals surface area (Å²) in [6.07, 6.45) is 3.16. The highest BCUT2D eigenvalue weighted by molar-refractivity contribution is 6.30. The van der Waals surface area contributed by atoms with Crippen LogP contribution < -0.4 is 21.8 Å². The zero-order chi connectivity index (χ0) is 39.2. The summed E-state index contributed by atoms with van der Waals surface area (Å²) in [5.74, 6) is -0.579. The quantitative estimate of drug-likeness (QED) is 0.117. The summed E-state index contributed by atoms with van der Waals surface area (Å²) in [5.41, 5.74) is 3.74. The molecule has 3 N–H and O–H groups in total. The molecule has 0 aliphatic rings. The molecular formula is C40H35ClFN9O4. The molecule has 278 valence electrons. The van der Waals surface area contributed by atoms with Crippen LogP contribution in [-0.2, 0) is 13.1 Å². The lowest BCUT2D eigenvalue weighted by Crippen LogP contribution is -2.28. The summed E-state index contributed by atoms with van der Waals surface area (Å²) in [6, 6.07) is 23.6. The molecule has 0 unspecified atom stereocenters. The van der Waals surface area contributed by atoms with E-state index < -0.39 is 16.9 Å². The Morgan fingerprint density at radius 1 is 0.764 bits per heavy atom. The van der Waals surface area contributed by atoms with Crippen molar-refractivity contribution in [2.75, 3.05) is 10.6 Å². The number of carbonyl (C=O) groups excluding carboxylic acids is 2. The third-order valence-corrected chi connectivity index (χ3v) is 8.61. The van der Waals surface area contributed by atoms with E-state index in [1.807, 2.05) is 31.2 Å². The smallest absolute Gasteiger partial charge is 0.291 e. The van der Waals surface area contributed by atoms with E-state index in [-0.39, 0.29) is 34.1 Å². The molecule has 0 fully saturated rings. The van der Waals surface area contributed by atoms with Crippen molar-refractivity contribution in [3.63, 3.8) is 0 Å². The number of imidazole rings is 1. The van der Waals surface area contributed by atoms with Crippen molar-refractivity contribution in [3.8, 4) is 22.8 Å². The normalized spacial score (nSPS) is 10.8. The molecule has 55 heavy (non-hydrogen) atoms. The largest absolute Gasteiger partial charge is 0.350 e. The van der Waals surface area contributed by atoms with E-state index in [9.17, 15) is 23.6 Å². The molecule has 0 atom stereocenters. The number of halogens is 2. The van der Waals surface area contributed by atoms with Gasteiger partial charge in [-0.2, -0.15) is 10.2 Å². The third-order valence-electron chi connectivity index (χ3n) is 8.37. The number of hydrogen-bond acceptors (Lipinski definition) is 10. The van der Waals surface area contributed by atoms with Crippen LogP contribution in [0.1, 0.15) is 48.4 Å². The number of Topliss-reactive ketones (excluding diaryl/α,β-unsaturated/α-hetero) is 2. The van der Waals surface area contributed by atoms with Crippen molar-refractivity contribution in [2.24, 2.45) is 0 Å². The van der Waals surface area contributed by atoms with Crippen LogP contribution in [0.4, 0.5) is 27.1 Å². The minimum atomic E-state index is -0.410. The first-order valence-electron chi connectivity index (χ1n) is 17.2. The lowest BCUT2D eigenvalue weighted by atomic mass is 10.0. The number of benzene rings is 3.